The van der Waals surface area contributed by atoms with Gasteiger partial charge in [0, 0.05) is 65.9 Å². The number of hydrogen-bond acceptors (Lipinski definition) is 3. The van der Waals surface area contributed by atoms with E-state index in [1.165, 1.54) is 0 Å². The zero-order valence-corrected chi connectivity index (χ0v) is 38.8. The van der Waals surface area contributed by atoms with Crippen LogP contribution in [0.5, 0.6) is 0 Å². The van der Waals surface area contributed by atoms with Gasteiger partial charge in [-0.25, -0.2) is 15.0 Å². The van der Waals surface area contributed by atoms with Crippen molar-refractivity contribution >= 4 is 65.4 Å². The second-order valence-corrected chi connectivity index (χ2v) is 18.3. The summed E-state index contributed by atoms with van der Waals surface area (Å²) in [5, 5.41) is 6.65. The number of fused-ring (bicyclic) bond motifs is 9. The van der Waals surface area contributed by atoms with Gasteiger partial charge < -0.3 is 13.7 Å². The average Bonchev–Trinajstić information content (AvgIpc) is 4.08. The predicted octanol–water partition coefficient (Wildman–Crippen LogP) is 16.8. The molecule has 346 valence electrons. The van der Waals surface area contributed by atoms with Gasteiger partial charge in [-0.1, -0.05) is 158 Å². The van der Waals surface area contributed by atoms with Crippen LogP contribution in [0.15, 0.2) is 237 Å². The van der Waals surface area contributed by atoms with Crippen LogP contribution in [0.1, 0.15) is 5.56 Å². The molecule has 6 nitrogen and oxygen atoms in total. The van der Waals surface area contributed by atoms with Crippen molar-refractivity contribution in [1.82, 2.24) is 28.7 Å². The Balaban J connectivity index is 1.07. The lowest BCUT2D eigenvalue weighted by molar-refractivity contribution is -0.137. The molecule has 0 bridgehead atoms. The van der Waals surface area contributed by atoms with Crippen molar-refractivity contribution in [2.75, 3.05) is 0 Å². The van der Waals surface area contributed by atoms with Crippen LogP contribution in [0.2, 0.25) is 0 Å². The second kappa shape index (κ2) is 16.5. The highest BCUT2D eigenvalue weighted by Crippen LogP contribution is 2.43. The minimum Gasteiger partial charge on any atom is -0.309 e. The Bertz CT molecular complexity index is 4140. The van der Waals surface area contributed by atoms with Crippen LogP contribution >= 0.6 is 0 Å². The molecule has 0 amide bonds. The van der Waals surface area contributed by atoms with Gasteiger partial charge in [-0.3, -0.25) is 0 Å². The van der Waals surface area contributed by atoms with Crippen molar-refractivity contribution in [3.05, 3.63) is 242 Å². The summed E-state index contributed by atoms with van der Waals surface area (Å²) in [6, 6.07) is 78.2. The molecule has 0 aliphatic carbocycles. The van der Waals surface area contributed by atoms with Crippen LogP contribution in [0.25, 0.3) is 128 Å². The number of nitrogens with zero attached hydrogens (tertiary/aromatic N) is 6. The number of halogens is 3. The summed E-state index contributed by atoms with van der Waals surface area (Å²) in [5.41, 5.74) is 12.0. The molecule has 0 saturated carbocycles. The monoisotopic (exact) mass is 948 g/mol. The van der Waals surface area contributed by atoms with Gasteiger partial charge in [0.25, 0.3) is 0 Å². The third kappa shape index (κ3) is 6.92. The number of rotatable bonds is 7. The number of para-hydroxylation sites is 4. The lowest BCUT2D eigenvalue weighted by Gasteiger charge is -2.17. The maximum Gasteiger partial charge on any atom is 0.416 e. The van der Waals surface area contributed by atoms with Crippen LogP contribution in [-0.2, 0) is 6.18 Å². The maximum atomic E-state index is 14.1. The molecule has 0 fully saturated rings. The Morgan fingerprint density at radius 1 is 0.288 bits per heavy atom. The second-order valence-electron chi connectivity index (χ2n) is 18.3. The minimum atomic E-state index is -4.49. The molecular formula is C64H39F3N6. The largest absolute Gasteiger partial charge is 0.416 e. The van der Waals surface area contributed by atoms with Crippen molar-refractivity contribution in [2.24, 2.45) is 0 Å². The lowest BCUT2D eigenvalue weighted by atomic mass is 9.99. The predicted molar refractivity (Wildman–Crippen MR) is 290 cm³/mol. The molecule has 0 aliphatic rings. The van der Waals surface area contributed by atoms with E-state index in [-0.39, 0.29) is 0 Å². The Morgan fingerprint density at radius 2 is 0.658 bits per heavy atom. The van der Waals surface area contributed by atoms with E-state index in [4.69, 9.17) is 15.0 Å². The number of alkyl halides is 3. The zero-order valence-electron chi connectivity index (χ0n) is 38.8. The van der Waals surface area contributed by atoms with Crippen LogP contribution in [0.4, 0.5) is 13.2 Å². The van der Waals surface area contributed by atoms with Crippen molar-refractivity contribution in [2.45, 2.75) is 6.18 Å². The third-order valence-corrected chi connectivity index (χ3v) is 14.1. The van der Waals surface area contributed by atoms with Crippen molar-refractivity contribution < 1.29 is 13.2 Å². The normalized spacial score (nSPS) is 12.0. The first-order valence-corrected chi connectivity index (χ1v) is 24.1. The van der Waals surface area contributed by atoms with Gasteiger partial charge in [0.2, 0.25) is 0 Å². The molecule has 4 heterocycles. The fourth-order valence-electron chi connectivity index (χ4n) is 10.8. The smallest absolute Gasteiger partial charge is 0.309 e. The molecular weight excluding hydrogens is 910 g/mol. The summed E-state index contributed by atoms with van der Waals surface area (Å²) in [4.78, 5) is 15.2. The SMILES string of the molecule is FC(F)(F)c1ccc(-c2ccc(-c3nc(-c4ccccc4)nc(-c4ccccc4)n3)cc2-n2c3ccc(-n4c5ccccc5c5ccccc54)cc3c3cc(-n4c5ccccc5c5ccccc54)ccc32)cc1. The van der Waals surface area contributed by atoms with E-state index in [1.807, 2.05) is 72.8 Å². The highest BCUT2D eigenvalue weighted by atomic mass is 19.4. The fraction of sp³-hybridized carbons (Fsp3) is 0.0156. The first-order valence-electron chi connectivity index (χ1n) is 24.1. The van der Waals surface area contributed by atoms with E-state index in [2.05, 4.69) is 153 Å². The van der Waals surface area contributed by atoms with E-state index < -0.39 is 11.7 Å². The topological polar surface area (TPSA) is 53.5 Å². The van der Waals surface area contributed by atoms with Crippen molar-refractivity contribution in [3.8, 4) is 62.4 Å². The van der Waals surface area contributed by atoms with Gasteiger partial charge in [0.05, 0.1) is 44.4 Å². The molecule has 9 heteroatoms. The average molecular weight is 949 g/mol. The quantitative estimate of drug-likeness (QED) is 0.160. The summed E-state index contributed by atoms with van der Waals surface area (Å²) in [6.45, 7) is 0. The standard InChI is InChI=1S/C64H39F3N6/c65-64(66,67)44-30-27-40(28-31-44)47-34-29-43(63-69-61(41-15-3-1-4-16-41)68-62(70-63)42-17-5-2-6-18-42)37-60(47)73-58-35-32-45(71-54-23-11-7-19-48(54)49-20-8-12-24-55(49)71)38-52(58)53-39-46(33-36-59(53)73)72-56-25-13-9-21-50(56)51-22-10-14-26-57(51)72/h1-39H. The highest BCUT2D eigenvalue weighted by Gasteiger charge is 2.30. The molecule has 0 radical (unpaired) electrons. The van der Waals surface area contributed by atoms with E-state index >= 15 is 0 Å². The molecule has 0 N–H and O–H groups in total. The van der Waals surface area contributed by atoms with E-state index in [0.29, 0.717) is 28.6 Å². The van der Waals surface area contributed by atoms with Crippen molar-refractivity contribution in [1.29, 1.82) is 0 Å². The molecule has 14 rings (SSSR count). The van der Waals surface area contributed by atoms with Crippen LogP contribution < -0.4 is 0 Å². The maximum absolute atomic E-state index is 14.1. The molecule has 0 spiro atoms. The minimum absolute atomic E-state index is 0.455. The molecule has 0 aliphatic heterocycles. The molecule has 73 heavy (non-hydrogen) atoms. The molecule has 0 unspecified atom stereocenters. The highest BCUT2D eigenvalue weighted by molar-refractivity contribution is 6.14. The molecule has 0 saturated heterocycles. The summed E-state index contributed by atoms with van der Waals surface area (Å²) >= 11 is 0. The van der Waals surface area contributed by atoms with Gasteiger partial charge in [0.15, 0.2) is 17.5 Å². The van der Waals surface area contributed by atoms with Gasteiger partial charge in [0.1, 0.15) is 0 Å². The van der Waals surface area contributed by atoms with E-state index in [0.717, 1.165) is 111 Å². The molecule has 4 aromatic heterocycles. The first kappa shape index (κ1) is 42.3. The molecule has 14 aromatic rings. The summed E-state index contributed by atoms with van der Waals surface area (Å²) in [5.74, 6) is 1.49. The summed E-state index contributed by atoms with van der Waals surface area (Å²) in [7, 11) is 0. The Hall–Kier alpha value is -9.60. The third-order valence-electron chi connectivity index (χ3n) is 14.1. The first-order chi connectivity index (χ1) is 35.8. The van der Waals surface area contributed by atoms with Gasteiger partial charge in [-0.05, 0) is 84.4 Å². The van der Waals surface area contributed by atoms with E-state index in [1.54, 1.807) is 12.1 Å². The number of benzene rings is 10. The lowest BCUT2D eigenvalue weighted by Crippen LogP contribution is -2.04. The van der Waals surface area contributed by atoms with Crippen LogP contribution in [-0.4, -0.2) is 28.7 Å². The van der Waals surface area contributed by atoms with Gasteiger partial charge in [-0.15, -0.1) is 0 Å². The number of hydrogen-bond donors (Lipinski definition) is 0. The Labute approximate surface area is 416 Å². The molecule has 10 aromatic carbocycles. The van der Waals surface area contributed by atoms with Gasteiger partial charge in [-0.2, -0.15) is 13.2 Å². The van der Waals surface area contributed by atoms with Crippen LogP contribution in [0.3, 0.4) is 0 Å². The zero-order chi connectivity index (χ0) is 48.8. The Kier molecular flexibility index (Phi) is 9.56. The van der Waals surface area contributed by atoms with Crippen LogP contribution in [0, 0.1) is 0 Å². The van der Waals surface area contributed by atoms with Crippen molar-refractivity contribution in [3.63, 3.8) is 0 Å². The summed E-state index contributed by atoms with van der Waals surface area (Å²) in [6.07, 6.45) is -4.49. The fourth-order valence-corrected chi connectivity index (χ4v) is 10.8. The summed E-state index contributed by atoms with van der Waals surface area (Å²) < 4.78 is 49.2. The molecule has 0 atom stereocenters. The van der Waals surface area contributed by atoms with Gasteiger partial charge >= 0.3 is 6.18 Å². The van der Waals surface area contributed by atoms with E-state index in [9.17, 15) is 13.2 Å². The Morgan fingerprint density at radius 3 is 1.08 bits per heavy atom. The number of aromatic nitrogens is 6.